The summed E-state index contributed by atoms with van der Waals surface area (Å²) in [6, 6.07) is 0. The van der Waals surface area contributed by atoms with E-state index in [1.807, 2.05) is 7.05 Å². The second kappa shape index (κ2) is 6.88. The van der Waals surface area contributed by atoms with Crippen molar-refractivity contribution in [2.24, 2.45) is 5.41 Å². The molecule has 0 aliphatic rings. The molecule has 1 aromatic rings. The molecule has 2 N–H and O–H groups in total. The van der Waals surface area contributed by atoms with E-state index in [1.165, 1.54) is 0 Å². The zero-order valence-corrected chi connectivity index (χ0v) is 13.9. The Labute approximate surface area is 123 Å². The second-order valence-corrected chi connectivity index (χ2v) is 6.64. The van der Waals surface area contributed by atoms with Gasteiger partial charge in [-0.2, -0.15) is 0 Å². The second-order valence-electron chi connectivity index (χ2n) is 6.64. The molecule has 0 aliphatic heterocycles. The lowest BCUT2D eigenvalue weighted by Crippen LogP contribution is -2.34. The average molecular weight is 279 g/mol. The molecule has 0 fully saturated rings. The van der Waals surface area contributed by atoms with Gasteiger partial charge in [-0.25, -0.2) is 9.97 Å². The van der Waals surface area contributed by atoms with Gasteiger partial charge in [0.1, 0.15) is 18.0 Å². The van der Waals surface area contributed by atoms with Gasteiger partial charge >= 0.3 is 0 Å². The van der Waals surface area contributed by atoms with Gasteiger partial charge in [-0.1, -0.05) is 27.7 Å². The lowest BCUT2D eigenvalue weighted by atomic mass is 9.92. The van der Waals surface area contributed by atoms with E-state index in [-0.39, 0.29) is 5.41 Å². The van der Waals surface area contributed by atoms with Crippen LogP contribution in [0.4, 0.5) is 11.6 Å². The Hall–Kier alpha value is -1.36. The van der Waals surface area contributed by atoms with Gasteiger partial charge in [0.25, 0.3) is 0 Å². The van der Waals surface area contributed by atoms with Crippen LogP contribution in [-0.4, -0.2) is 49.1 Å². The highest BCUT2D eigenvalue weighted by molar-refractivity contribution is 5.58. The third kappa shape index (κ3) is 4.63. The van der Waals surface area contributed by atoms with Crippen molar-refractivity contribution in [3.63, 3.8) is 0 Å². The summed E-state index contributed by atoms with van der Waals surface area (Å²) in [6.07, 6.45) is 1.61. The van der Waals surface area contributed by atoms with Crippen LogP contribution in [-0.2, 0) is 0 Å². The fourth-order valence-corrected chi connectivity index (χ4v) is 2.52. The van der Waals surface area contributed by atoms with E-state index in [9.17, 15) is 0 Å². The summed E-state index contributed by atoms with van der Waals surface area (Å²) in [4.78, 5) is 10.9. The van der Waals surface area contributed by atoms with E-state index < -0.39 is 0 Å². The van der Waals surface area contributed by atoms with Crippen LogP contribution in [0.5, 0.6) is 0 Å². The Balaban J connectivity index is 2.87. The van der Waals surface area contributed by atoms with E-state index in [4.69, 9.17) is 0 Å². The summed E-state index contributed by atoms with van der Waals surface area (Å²) in [5.41, 5.74) is 1.33. The van der Waals surface area contributed by atoms with Gasteiger partial charge < -0.3 is 15.5 Å². The summed E-state index contributed by atoms with van der Waals surface area (Å²) in [5, 5.41) is 6.64. The molecule has 0 unspecified atom stereocenters. The highest BCUT2D eigenvalue weighted by atomic mass is 15.1. The topological polar surface area (TPSA) is 53.1 Å². The minimum Gasteiger partial charge on any atom is -0.373 e. The van der Waals surface area contributed by atoms with Crippen LogP contribution in [0.1, 0.15) is 39.2 Å². The average Bonchev–Trinajstić information content (AvgIpc) is 2.34. The van der Waals surface area contributed by atoms with E-state index in [0.717, 1.165) is 30.3 Å². The molecule has 1 heterocycles. The number of hydrogen-bond donors (Lipinski definition) is 2. The van der Waals surface area contributed by atoms with Gasteiger partial charge in [-0.05, 0) is 25.4 Å². The molecule has 0 atom stereocenters. The number of hydrogen-bond acceptors (Lipinski definition) is 5. The third-order valence-electron chi connectivity index (χ3n) is 3.18. The first-order valence-electron chi connectivity index (χ1n) is 7.18. The molecule has 0 bridgehead atoms. The molecule has 20 heavy (non-hydrogen) atoms. The van der Waals surface area contributed by atoms with Crippen LogP contribution in [0, 0.1) is 5.41 Å². The lowest BCUT2D eigenvalue weighted by molar-refractivity contribution is 0.254. The summed E-state index contributed by atoms with van der Waals surface area (Å²) in [5.74, 6) is 2.22. The minimum absolute atomic E-state index is 0.183. The molecule has 1 rings (SSSR count). The molecule has 0 spiro atoms. The smallest absolute Gasteiger partial charge is 0.135 e. The summed E-state index contributed by atoms with van der Waals surface area (Å²) < 4.78 is 0. The van der Waals surface area contributed by atoms with Crippen molar-refractivity contribution in [2.75, 3.05) is 44.9 Å². The van der Waals surface area contributed by atoms with Gasteiger partial charge in [0.15, 0.2) is 0 Å². The largest absolute Gasteiger partial charge is 0.373 e. The molecule has 1 aromatic heterocycles. The number of nitrogens with one attached hydrogen (secondary N) is 2. The number of aromatic nitrogens is 2. The first-order chi connectivity index (χ1) is 9.26. The minimum atomic E-state index is 0.183. The predicted molar refractivity (Wildman–Crippen MR) is 86.5 cm³/mol. The van der Waals surface area contributed by atoms with Crippen molar-refractivity contribution in [1.82, 2.24) is 14.9 Å². The summed E-state index contributed by atoms with van der Waals surface area (Å²) in [6.45, 7) is 10.8. The van der Waals surface area contributed by atoms with Crippen molar-refractivity contribution in [2.45, 2.75) is 33.6 Å². The maximum absolute atomic E-state index is 4.41. The van der Waals surface area contributed by atoms with E-state index in [1.54, 1.807) is 6.33 Å². The molecule has 5 heteroatoms. The lowest BCUT2D eigenvalue weighted by Gasteiger charge is -2.29. The van der Waals surface area contributed by atoms with Crippen molar-refractivity contribution in [1.29, 1.82) is 0 Å². The Morgan fingerprint density at radius 3 is 2.30 bits per heavy atom. The Morgan fingerprint density at radius 2 is 1.80 bits per heavy atom. The van der Waals surface area contributed by atoms with Crippen molar-refractivity contribution in [3.8, 4) is 0 Å². The van der Waals surface area contributed by atoms with E-state index in [0.29, 0.717) is 5.92 Å². The SMILES string of the molecule is CNc1ncnc(NCC(C)(C)CN(C)C)c1C(C)C. The first kappa shape index (κ1) is 16.7. The van der Waals surface area contributed by atoms with Crippen LogP contribution in [0.3, 0.4) is 0 Å². The van der Waals surface area contributed by atoms with E-state index >= 15 is 0 Å². The Bertz CT molecular complexity index is 426. The predicted octanol–water partition coefficient (Wildman–Crippen LogP) is 2.64. The van der Waals surface area contributed by atoms with Crippen LogP contribution in [0.15, 0.2) is 6.33 Å². The maximum atomic E-state index is 4.41. The molecule has 5 nitrogen and oxygen atoms in total. The molecule has 0 saturated carbocycles. The molecular formula is C15H29N5. The maximum Gasteiger partial charge on any atom is 0.135 e. The quantitative estimate of drug-likeness (QED) is 0.803. The zero-order valence-electron chi connectivity index (χ0n) is 13.9. The molecule has 0 radical (unpaired) electrons. The van der Waals surface area contributed by atoms with Crippen molar-refractivity contribution >= 4 is 11.6 Å². The van der Waals surface area contributed by atoms with Gasteiger partial charge in [-0.15, -0.1) is 0 Å². The monoisotopic (exact) mass is 279 g/mol. The third-order valence-corrected chi connectivity index (χ3v) is 3.18. The standard InChI is InChI=1S/C15H29N5/c1-11(2)12-13(16-5)18-10-19-14(12)17-8-15(3,4)9-20(6)7/h10-11H,8-9H2,1-7H3,(H2,16,17,18,19). The molecule has 0 amide bonds. The van der Waals surface area contributed by atoms with Crippen molar-refractivity contribution < 1.29 is 0 Å². The van der Waals surface area contributed by atoms with E-state index in [2.05, 4.69) is 67.3 Å². The molecule has 114 valence electrons. The molecule has 0 aromatic carbocycles. The highest BCUT2D eigenvalue weighted by Crippen LogP contribution is 2.28. The van der Waals surface area contributed by atoms with Crippen LogP contribution in [0.25, 0.3) is 0 Å². The van der Waals surface area contributed by atoms with Crippen LogP contribution < -0.4 is 10.6 Å². The fourth-order valence-electron chi connectivity index (χ4n) is 2.52. The Kier molecular flexibility index (Phi) is 5.74. The van der Waals surface area contributed by atoms with Crippen LogP contribution >= 0.6 is 0 Å². The molecular weight excluding hydrogens is 250 g/mol. The van der Waals surface area contributed by atoms with Gasteiger partial charge in [-0.3, -0.25) is 0 Å². The van der Waals surface area contributed by atoms with Gasteiger partial charge in [0.05, 0.1) is 0 Å². The summed E-state index contributed by atoms with van der Waals surface area (Å²) >= 11 is 0. The zero-order chi connectivity index (χ0) is 15.3. The number of anilines is 2. The van der Waals surface area contributed by atoms with Crippen molar-refractivity contribution in [3.05, 3.63) is 11.9 Å². The highest BCUT2D eigenvalue weighted by Gasteiger charge is 2.21. The van der Waals surface area contributed by atoms with Crippen LogP contribution in [0.2, 0.25) is 0 Å². The summed E-state index contributed by atoms with van der Waals surface area (Å²) in [7, 11) is 6.10. The van der Waals surface area contributed by atoms with Gasteiger partial charge in [0.2, 0.25) is 0 Å². The first-order valence-corrected chi connectivity index (χ1v) is 7.18. The fraction of sp³-hybridized carbons (Fsp3) is 0.733. The molecule has 0 saturated heterocycles. The number of rotatable bonds is 7. The normalized spacial score (nSPS) is 12.1. The molecule has 0 aliphatic carbocycles. The number of nitrogens with zero attached hydrogens (tertiary/aromatic N) is 3. The Morgan fingerprint density at radius 1 is 1.20 bits per heavy atom. The van der Waals surface area contributed by atoms with Gasteiger partial charge in [0, 0.05) is 25.7 Å².